The zero-order valence-corrected chi connectivity index (χ0v) is 15.4. The van der Waals surface area contributed by atoms with Gasteiger partial charge in [-0.25, -0.2) is 0 Å². The summed E-state index contributed by atoms with van der Waals surface area (Å²) in [5.74, 6) is 0. The first kappa shape index (κ1) is 17.0. The summed E-state index contributed by atoms with van der Waals surface area (Å²) >= 11 is 6.98. The predicted molar refractivity (Wildman–Crippen MR) is 101 cm³/mol. The van der Waals surface area contributed by atoms with Crippen LogP contribution in [0, 0.1) is 0 Å². The number of thioether (sulfide) groups is 1. The maximum atomic E-state index is 5.40. The van der Waals surface area contributed by atoms with E-state index in [9.17, 15) is 0 Å². The molecule has 0 aliphatic carbocycles. The highest BCUT2D eigenvalue weighted by Crippen LogP contribution is 2.33. The molecule has 116 valence electrons. The molecule has 0 aliphatic heterocycles. The number of hydrogen-bond acceptors (Lipinski definition) is 3. The van der Waals surface area contributed by atoms with Gasteiger partial charge < -0.3 is 4.90 Å². The lowest BCUT2D eigenvalue weighted by atomic mass is 9.86. The number of rotatable bonds is 2. The Labute approximate surface area is 143 Å². The van der Waals surface area contributed by atoms with Crippen LogP contribution in [-0.4, -0.2) is 28.3 Å². The van der Waals surface area contributed by atoms with E-state index in [-0.39, 0.29) is 5.41 Å². The number of aromatic nitrogens is 1. The van der Waals surface area contributed by atoms with Gasteiger partial charge in [0.15, 0.2) is 0 Å². The quantitative estimate of drug-likeness (QED) is 0.569. The predicted octanol–water partition coefficient (Wildman–Crippen LogP) is 4.98. The number of nitrogens with zero attached hydrogens (tertiary/aromatic N) is 2. The Morgan fingerprint density at radius 2 is 1.73 bits per heavy atom. The summed E-state index contributed by atoms with van der Waals surface area (Å²) in [4.78, 5) is 7.27. The molecule has 4 heteroatoms. The highest BCUT2D eigenvalue weighted by atomic mass is 32.2. The van der Waals surface area contributed by atoms with Crippen LogP contribution in [0.1, 0.15) is 26.3 Å². The van der Waals surface area contributed by atoms with Crippen molar-refractivity contribution in [1.82, 2.24) is 9.88 Å². The van der Waals surface area contributed by atoms with Crippen LogP contribution in [-0.2, 0) is 5.41 Å². The van der Waals surface area contributed by atoms with E-state index in [0.29, 0.717) is 0 Å². The molecule has 0 N–H and O–H groups in total. The summed E-state index contributed by atoms with van der Waals surface area (Å²) in [6.45, 7) is 6.68. The average Bonchev–Trinajstić information content (AvgIpc) is 2.47. The molecule has 0 unspecified atom stereocenters. The van der Waals surface area contributed by atoms with Crippen molar-refractivity contribution in [2.75, 3.05) is 14.1 Å². The fourth-order valence-electron chi connectivity index (χ4n) is 2.03. The summed E-state index contributed by atoms with van der Waals surface area (Å²) in [7, 11) is 3.92. The molecule has 0 amide bonds. The Morgan fingerprint density at radius 3 is 2.27 bits per heavy atom. The molecule has 0 atom stereocenters. The molecule has 1 aromatic heterocycles. The Bertz CT molecular complexity index is 656. The van der Waals surface area contributed by atoms with Crippen LogP contribution < -0.4 is 0 Å². The van der Waals surface area contributed by atoms with Crippen LogP contribution in [0.25, 0.3) is 11.1 Å². The van der Waals surface area contributed by atoms with Gasteiger partial charge in [0.1, 0.15) is 4.32 Å². The molecule has 22 heavy (non-hydrogen) atoms. The lowest BCUT2D eigenvalue weighted by Gasteiger charge is -2.19. The normalized spacial score (nSPS) is 11.3. The zero-order valence-electron chi connectivity index (χ0n) is 13.8. The molecule has 0 bridgehead atoms. The molecule has 1 heterocycles. The van der Waals surface area contributed by atoms with Gasteiger partial charge in [0, 0.05) is 31.4 Å². The second-order valence-corrected chi connectivity index (χ2v) is 8.14. The summed E-state index contributed by atoms with van der Waals surface area (Å²) < 4.78 is 0.834. The van der Waals surface area contributed by atoms with E-state index in [1.54, 1.807) is 11.8 Å². The minimum atomic E-state index is 0.168. The summed E-state index contributed by atoms with van der Waals surface area (Å²) in [5, 5.41) is 0. The van der Waals surface area contributed by atoms with E-state index < -0.39 is 0 Å². The average molecular weight is 331 g/mol. The van der Waals surface area contributed by atoms with Crippen LogP contribution >= 0.6 is 24.0 Å². The Morgan fingerprint density at radius 1 is 1.09 bits per heavy atom. The lowest BCUT2D eigenvalue weighted by Crippen LogP contribution is -2.15. The number of benzene rings is 1. The third-order valence-electron chi connectivity index (χ3n) is 3.41. The van der Waals surface area contributed by atoms with Gasteiger partial charge in [0.05, 0.1) is 0 Å². The largest absolute Gasteiger partial charge is 0.363 e. The highest BCUT2D eigenvalue weighted by Gasteiger charge is 2.14. The minimum absolute atomic E-state index is 0.168. The molecule has 2 rings (SSSR count). The van der Waals surface area contributed by atoms with Gasteiger partial charge in [-0.2, -0.15) is 0 Å². The molecule has 0 saturated carbocycles. The third kappa shape index (κ3) is 4.08. The van der Waals surface area contributed by atoms with Crippen molar-refractivity contribution in [2.24, 2.45) is 0 Å². The first-order valence-corrected chi connectivity index (χ1v) is 8.45. The monoisotopic (exact) mass is 330 g/mol. The molecule has 0 spiro atoms. The van der Waals surface area contributed by atoms with Crippen molar-refractivity contribution in [3.63, 3.8) is 0 Å². The third-order valence-corrected chi connectivity index (χ3v) is 5.11. The molecule has 2 aromatic rings. The number of thiocarbonyl (C=S) groups is 1. The fourth-order valence-corrected chi connectivity index (χ4v) is 3.08. The van der Waals surface area contributed by atoms with Gasteiger partial charge in [0.2, 0.25) is 0 Å². The molecule has 0 aliphatic rings. The molecule has 0 fully saturated rings. The van der Waals surface area contributed by atoms with Crippen molar-refractivity contribution in [2.45, 2.75) is 31.1 Å². The number of pyridine rings is 1. The molecule has 1 aromatic carbocycles. The second-order valence-electron chi connectivity index (χ2n) is 6.46. The van der Waals surface area contributed by atoms with Gasteiger partial charge in [-0.3, -0.25) is 4.98 Å². The molecule has 0 saturated heterocycles. The van der Waals surface area contributed by atoms with Crippen molar-refractivity contribution in [3.8, 4) is 11.1 Å². The van der Waals surface area contributed by atoms with Crippen LogP contribution in [0.3, 0.4) is 0 Å². The van der Waals surface area contributed by atoms with Crippen molar-refractivity contribution < 1.29 is 0 Å². The van der Waals surface area contributed by atoms with Gasteiger partial charge in [0.25, 0.3) is 0 Å². The van der Waals surface area contributed by atoms with Crippen molar-refractivity contribution in [3.05, 3.63) is 48.3 Å². The molecular formula is C18H22N2S2. The van der Waals surface area contributed by atoms with E-state index in [0.717, 1.165) is 9.22 Å². The zero-order chi connectivity index (χ0) is 16.3. The first-order chi connectivity index (χ1) is 10.3. The van der Waals surface area contributed by atoms with Crippen molar-refractivity contribution >= 4 is 28.3 Å². The highest BCUT2D eigenvalue weighted by molar-refractivity contribution is 8.23. The smallest absolute Gasteiger partial charge is 0.140 e. The number of hydrogen-bond donors (Lipinski definition) is 0. The molecule has 0 radical (unpaired) electrons. The molecule has 2 nitrogen and oxygen atoms in total. The fraction of sp³-hybridized carbons (Fsp3) is 0.333. The van der Waals surface area contributed by atoms with E-state index in [4.69, 9.17) is 12.2 Å². The van der Waals surface area contributed by atoms with Crippen LogP contribution in [0.5, 0.6) is 0 Å². The molecular weight excluding hydrogens is 308 g/mol. The second kappa shape index (κ2) is 6.80. The summed E-state index contributed by atoms with van der Waals surface area (Å²) in [5.41, 5.74) is 3.87. The van der Waals surface area contributed by atoms with Crippen LogP contribution in [0.15, 0.2) is 47.6 Å². The first-order valence-electron chi connectivity index (χ1n) is 7.23. The van der Waals surface area contributed by atoms with Crippen molar-refractivity contribution in [1.29, 1.82) is 0 Å². The topological polar surface area (TPSA) is 16.1 Å². The van der Waals surface area contributed by atoms with E-state index >= 15 is 0 Å². The maximum Gasteiger partial charge on any atom is 0.140 e. The lowest BCUT2D eigenvalue weighted by molar-refractivity contribution is 0.590. The Kier molecular flexibility index (Phi) is 5.24. The Balaban J connectivity index is 2.35. The summed E-state index contributed by atoms with van der Waals surface area (Å²) in [6, 6.07) is 10.8. The standard InChI is InChI=1S/C18H22N2S2/c1-18(2,3)14-8-6-13(7-9-14)15-10-11-19-12-16(15)22-17(21)20(4)5/h6-12H,1-5H3. The van der Waals surface area contributed by atoms with Gasteiger partial charge in [-0.15, -0.1) is 0 Å². The summed E-state index contributed by atoms with van der Waals surface area (Å²) in [6.07, 6.45) is 3.71. The van der Waals surface area contributed by atoms with E-state index in [1.165, 1.54) is 16.7 Å². The Hall–Kier alpha value is -1.39. The van der Waals surface area contributed by atoms with Crippen LogP contribution in [0.2, 0.25) is 0 Å². The maximum absolute atomic E-state index is 5.40. The van der Waals surface area contributed by atoms with Gasteiger partial charge in [-0.1, -0.05) is 69.0 Å². The van der Waals surface area contributed by atoms with Crippen LogP contribution in [0.4, 0.5) is 0 Å². The van der Waals surface area contributed by atoms with Gasteiger partial charge >= 0.3 is 0 Å². The minimum Gasteiger partial charge on any atom is -0.363 e. The van der Waals surface area contributed by atoms with E-state index in [1.807, 2.05) is 37.5 Å². The van der Waals surface area contributed by atoms with Gasteiger partial charge in [-0.05, 0) is 28.2 Å². The SMILES string of the molecule is CN(C)C(=S)Sc1cnccc1-c1ccc(C(C)(C)C)cc1. The van der Waals surface area contributed by atoms with E-state index in [2.05, 4.69) is 50.0 Å².